The summed E-state index contributed by atoms with van der Waals surface area (Å²) in [5, 5.41) is 5.78. The summed E-state index contributed by atoms with van der Waals surface area (Å²) in [5.74, 6) is 0.296. The highest BCUT2D eigenvalue weighted by Gasteiger charge is 2.28. The van der Waals surface area contributed by atoms with Crippen molar-refractivity contribution in [2.24, 2.45) is 0 Å². The predicted molar refractivity (Wildman–Crippen MR) is 85.5 cm³/mol. The van der Waals surface area contributed by atoms with Crippen LogP contribution in [0.1, 0.15) is 11.5 Å². The van der Waals surface area contributed by atoms with Crippen molar-refractivity contribution < 1.29 is 12.9 Å². The fourth-order valence-corrected chi connectivity index (χ4v) is 3.97. The molecule has 114 valence electrons. The highest BCUT2D eigenvalue weighted by atomic mass is 32.2. The van der Waals surface area contributed by atoms with E-state index in [9.17, 15) is 8.42 Å². The van der Waals surface area contributed by atoms with Crippen LogP contribution < -0.4 is 4.31 Å². The fourth-order valence-electron chi connectivity index (χ4n) is 2.49. The summed E-state index contributed by atoms with van der Waals surface area (Å²) in [4.78, 5) is 0.128. The molecule has 2 aromatic carbocycles. The zero-order valence-corrected chi connectivity index (χ0v) is 13.4. The number of rotatable bonds is 3. The van der Waals surface area contributed by atoms with E-state index in [0.29, 0.717) is 17.1 Å². The van der Waals surface area contributed by atoms with Gasteiger partial charge in [-0.1, -0.05) is 35.5 Å². The number of benzene rings is 2. The van der Waals surface area contributed by atoms with Crippen LogP contribution in [0.25, 0.3) is 10.8 Å². The summed E-state index contributed by atoms with van der Waals surface area (Å²) in [5.41, 5.74) is 0.962. The van der Waals surface area contributed by atoms with Crippen molar-refractivity contribution >= 4 is 26.5 Å². The molecule has 0 aliphatic heterocycles. The van der Waals surface area contributed by atoms with Gasteiger partial charge >= 0.3 is 0 Å². The highest BCUT2D eigenvalue weighted by Crippen LogP contribution is 2.28. The van der Waals surface area contributed by atoms with E-state index < -0.39 is 10.0 Å². The van der Waals surface area contributed by atoms with Crippen LogP contribution in [0.4, 0.5) is 5.69 Å². The van der Waals surface area contributed by atoms with Crippen LogP contribution >= 0.6 is 0 Å². The number of hydrogen-bond acceptors (Lipinski definition) is 4. The monoisotopic (exact) mass is 316 g/mol. The Balaban J connectivity index is 2.10. The maximum atomic E-state index is 12.8. The summed E-state index contributed by atoms with van der Waals surface area (Å²) < 4.78 is 31.8. The SMILES string of the molecule is Cc1noc(C)c1S(=O)(=O)N(C)c1ccc2ccccc2c1. The van der Waals surface area contributed by atoms with Crippen LogP contribution in [-0.2, 0) is 10.0 Å². The summed E-state index contributed by atoms with van der Waals surface area (Å²) in [6, 6.07) is 13.4. The maximum Gasteiger partial charge on any atom is 0.269 e. The predicted octanol–water partition coefficient (Wildman–Crippen LogP) is 3.27. The van der Waals surface area contributed by atoms with Gasteiger partial charge in [0.05, 0.1) is 5.69 Å². The Morgan fingerprint density at radius 1 is 1.05 bits per heavy atom. The molecule has 0 saturated heterocycles. The second-order valence-electron chi connectivity index (χ2n) is 5.16. The van der Waals surface area contributed by atoms with E-state index >= 15 is 0 Å². The van der Waals surface area contributed by atoms with Gasteiger partial charge in [-0.3, -0.25) is 4.31 Å². The third-order valence-electron chi connectivity index (χ3n) is 3.68. The van der Waals surface area contributed by atoms with Gasteiger partial charge in [0.2, 0.25) is 0 Å². The average Bonchev–Trinajstić information content (AvgIpc) is 2.85. The van der Waals surface area contributed by atoms with Crippen LogP contribution in [0.3, 0.4) is 0 Å². The Kier molecular flexibility index (Phi) is 3.41. The standard InChI is InChI=1S/C16H16N2O3S/c1-11-16(12(2)21-17-11)22(19,20)18(3)15-9-8-13-6-4-5-7-14(13)10-15/h4-10H,1-3H3. The number of sulfonamides is 1. The molecule has 22 heavy (non-hydrogen) atoms. The summed E-state index contributed by atoms with van der Waals surface area (Å²) in [6.07, 6.45) is 0. The molecule has 0 spiro atoms. The van der Waals surface area contributed by atoms with Crippen molar-refractivity contribution in [3.05, 3.63) is 53.9 Å². The molecule has 6 heteroatoms. The summed E-state index contributed by atoms with van der Waals surface area (Å²) in [7, 11) is -2.17. The second-order valence-corrected chi connectivity index (χ2v) is 7.06. The second kappa shape index (κ2) is 5.14. The Bertz CT molecular complexity index is 925. The Hall–Kier alpha value is -2.34. The van der Waals surface area contributed by atoms with Crippen molar-refractivity contribution in [1.82, 2.24) is 5.16 Å². The van der Waals surface area contributed by atoms with Crippen molar-refractivity contribution in [2.75, 3.05) is 11.4 Å². The molecule has 0 saturated carbocycles. The lowest BCUT2D eigenvalue weighted by Gasteiger charge is -2.19. The largest absolute Gasteiger partial charge is 0.360 e. The molecule has 0 aliphatic carbocycles. The molecule has 3 rings (SSSR count). The number of hydrogen-bond donors (Lipinski definition) is 0. The van der Waals surface area contributed by atoms with Gasteiger partial charge in [0.25, 0.3) is 10.0 Å². The van der Waals surface area contributed by atoms with E-state index in [-0.39, 0.29) is 4.90 Å². The quantitative estimate of drug-likeness (QED) is 0.744. The van der Waals surface area contributed by atoms with Crippen LogP contribution in [0.2, 0.25) is 0 Å². The van der Waals surface area contributed by atoms with Crippen molar-refractivity contribution in [2.45, 2.75) is 18.7 Å². The lowest BCUT2D eigenvalue weighted by molar-refractivity contribution is 0.390. The number of aromatic nitrogens is 1. The van der Waals surface area contributed by atoms with Crippen molar-refractivity contribution in [1.29, 1.82) is 0 Å². The first-order valence-corrected chi connectivity index (χ1v) is 8.26. The molecule has 0 fully saturated rings. The van der Waals surface area contributed by atoms with Crippen molar-refractivity contribution in [3.8, 4) is 0 Å². The van der Waals surface area contributed by atoms with Gasteiger partial charge in [-0.15, -0.1) is 0 Å². The molecular formula is C16H16N2O3S. The van der Waals surface area contributed by atoms with E-state index in [4.69, 9.17) is 4.52 Å². The van der Waals surface area contributed by atoms with Gasteiger partial charge in [-0.2, -0.15) is 0 Å². The Morgan fingerprint density at radius 3 is 2.36 bits per heavy atom. The van der Waals surface area contributed by atoms with E-state index in [2.05, 4.69) is 5.16 Å². The number of fused-ring (bicyclic) bond motifs is 1. The third kappa shape index (κ3) is 2.25. The highest BCUT2D eigenvalue weighted by molar-refractivity contribution is 7.92. The molecule has 0 amide bonds. The van der Waals surface area contributed by atoms with Gasteiger partial charge in [0, 0.05) is 7.05 Å². The molecular weight excluding hydrogens is 300 g/mol. The molecule has 0 atom stereocenters. The van der Waals surface area contributed by atoms with Crippen LogP contribution in [0.15, 0.2) is 51.9 Å². The minimum Gasteiger partial charge on any atom is -0.360 e. The summed E-state index contributed by atoms with van der Waals surface area (Å²) >= 11 is 0. The smallest absolute Gasteiger partial charge is 0.269 e. The van der Waals surface area contributed by atoms with Crippen LogP contribution in [0, 0.1) is 13.8 Å². The van der Waals surface area contributed by atoms with E-state index in [0.717, 1.165) is 10.8 Å². The van der Waals surface area contributed by atoms with E-state index in [1.165, 1.54) is 11.4 Å². The number of nitrogens with zero attached hydrogens (tertiary/aromatic N) is 2. The van der Waals surface area contributed by atoms with E-state index in [1.54, 1.807) is 19.9 Å². The maximum absolute atomic E-state index is 12.8. The topological polar surface area (TPSA) is 63.4 Å². The molecule has 5 nitrogen and oxygen atoms in total. The van der Waals surface area contributed by atoms with Crippen LogP contribution in [-0.4, -0.2) is 20.6 Å². The zero-order valence-electron chi connectivity index (χ0n) is 12.6. The molecule has 0 unspecified atom stereocenters. The molecule has 1 heterocycles. The van der Waals surface area contributed by atoms with Crippen molar-refractivity contribution in [3.63, 3.8) is 0 Å². The summed E-state index contributed by atoms with van der Waals surface area (Å²) in [6.45, 7) is 3.22. The normalized spacial score (nSPS) is 11.8. The lowest BCUT2D eigenvalue weighted by Crippen LogP contribution is -2.27. The van der Waals surface area contributed by atoms with Gasteiger partial charge in [0.1, 0.15) is 5.69 Å². The first-order valence-electron chi connectivity index (χ1n) is 6.82. The first-order chi connectivity index (χ1) is 10.4. The third-order valence-corrected chi connectivity index (χ3v) is 5.71. The fraction of sp³-hybridized carbons (Fsp3) is 0.188. The van der Waals surface area contributed by atoms with Gasteiger partial charge in [-0.25, -0.2) is 8.42 Å². The molecule has 3 aromatic rings. The van der Waals surface area contributed by atoms with Gasteiger partial charge in [0.15, 0.2) is 10.7 Å². The minimum absolute atomic E-state index is 0.128. The average molecular weight is 316 g/mol. The molecule has 0 radical (unpaired) electrons. The van der Waals surface area contributed by atoms with Crippen LogP contribution in [0.5, 0.6) is 0 Å². The number of aryl methyl sites for hydroxylation is 2. The Labute approximate surface area is 129 Å². The minimum atomic E-state index is -3.70. The zero-order chi connectivity index (χ0) is 15.9. The van der Waals surface area contributed by atoms with Gasteiger partial charge in [-0.05, 0) is 36.8 Å². The molecule has 0 aliphatic rings. The molecule has 1 aromatic heterocycles. The van der Waals surface area contributed by atoms with E-state index in [1.807, 2.05) is 36.4 Å². The molecule has 0 bridgehead atoms. The molecule has 0 N–H and O–H groups in total. The number of anilines is 1. The first kappa shape index (κ1) is 14.6. The Morgan fingerprint density at radius 2 is 1.73 bits per heavy atom. The lowest BCUT2D eigenvalue weighted by atomic mass is 10.1. The van der Waals surface area contributed by atoms with Gasteiger partial charge < -0.3 is 4.52 Å².